The lowest BCUT2D eigenvalue weighted by Gasteiger charge is -2.01. The molecule has 22 heavy (non-hydrogen) atoms. The van der Waals surface area contributed by atoms with Gasteiger partial charge < -0.3 is 5.32 Å². The summed E-state index contributed by atoms with van der Waals surface area (Å²) in [6.07, 6.45) is 0.0209. The first kappa shape index (κ1) is 14.9. The van der Waals surface area contributed by atoms with Gasteiger partial charge in [-0.3, -0.25) is 4.79 Å². The van der Waals surface area contributed by atoms with Crippen LogP contribution in [0.25, 0.3) is 11.3 Å². The van der Waals surface area contributed by atoms with Crippen molar-refractivity contribution in [3.05, 3.63) is 39.4 Å². The zero-order valence-corrected chi connectivity index (χ0v) is 13.2. The highest BCUT2D eigenvalue weighted by Crippen LogP contribution is 2.32. The number of nitrogens with one attached hydrogen (secondary N) is 2. The Bertz CT molecular complexity index is 804. The molecule has 0 saturated heterocycles. The highest BCUT2D eigenvalue weighted by molar-refractivity contribution is 7.14. The van der Waals surface area contributed by atoms with Crippen molar-refractivity contribution in [2.75, 3.05) is 5.32 Å². The van der Waals surface area contributed by atoms with E-state index in [1.54, 1.807) is 23.6 Å². The van der Waals surface area contributed by atoms with Crippen LogP contribution in [0.5, 0.6) is 0 Å². The molecule has 3 rings (SSSR count). The maximum absolute atomic E-state index is 11.8. The van der Waals surface area contributed by atoms with E-state index in [-0.39, 0.29) is 12.3 Å². The molecule has 10 heteroatoms. The summed E-state index contributed by atoms with van der Waals surface area (Å²) in [5, 5.41) is 19.1. The van der Waals surface area contributed by atoms with Gasteiger partial charge in [-0.25, -0.2) is 4.98 Å². The first-order valence-electron chi connectivity index (χ1n) is 6.05. The van der Waals surface area contributed by atoms with Crippen molar-refractivity contribution in [3.8, 4) is 11.3 Å². The summed E-state index contributed by atoms with van der Waals surface area (Å²) in [5.41, 5.74) is 1.42. The molecular formula is C12H8Cl2N6OS. The normalized spacial score (nSPS) is 10.6. The molecule has 1 amide bonds. The minimum absolute atomic E-state index is 0.0209. The number of carbonyl (C=O) groups is 1. The smallest absolute Gasteiger partial charge is 0.233 e. The summed E-state index contributed by atoms with van der Waals surface area (Å²) in [4.78, 5) is 16.2. The van der Waals surface area contributed by atoms with Crippen LogP contribution in [0.4, 0.5) is 5.13 Å². The van der Waals surface area contributed by atoms with E-state index in [1.165, 1.54) is 11.3 Å². The Kier molecular flexibility index (Phi) is 4.32. The zero-order chi connectivity index (χ0) is 15.5. The van der Waals surface area contributed by atoms with Gasteiger partial charge in [-0.2, -0.15) is 5.21 Å². The van der Waals surface area contributed by atoms with Crippen LogP contribution in [-0.4, -0.2) is 31.5 Å². The van der Waals surface area contributed by atoms with Crippen molar-refractivity contribution < 1.29 is 4.79 Å². The number of rotatable bonds is 4. The SMILES string of the molecule is O=C(Cc1nn[nH]n1)Nc1nc(-c2ccc(Cl)cc2Cl)cs1. The highest BCUT2D eigenvalue weighted by atomic mass is 35.5. The molecule has 0 aliphatic heterocycles. The maximum atomic E-state index is 11.8. The summed E-state index contributed by atoms with van der Waals surface area (Å²) >= 11 is 13.3. The van der Waals surface area contributed by atoms with E-state index < -0.39 is 0 Å². The maximum Gasteiger partial charge on any atom is 0.233 e. The number of halogens is 2. The van der Waals surface area contributed by atoms with Crippen molar-refractivity contribution in [1.29, 1.82) is 0 Å². The molecule has 1 aromatic carbocycles. The molecule has 0 fully saturated rings. The number of benzene rings is 1. The Hall–Kier alpha value is -2.03. The van der Waals surface area contributed by atoms with E-state index in [4.69, 9.17) is 23.2 Å². The van der Waals surface area contributed by atoms with E-state index in [9.17, 15) is 4.79 Å². The molecule has 0 radical (unpaired) electrons. The second-order valence-corrected chi connectivity index (χ2v) is 5.92. The number of H-pyrrole nitrogens is 1. The molecule has 0 saturated carbocycles. The molecule has 0 bridgehead atoms. The van der Waals surface area contributed by atoms with Gasteiger partial charge >= 0.3 is 0 Å². The fraction of sp³-hybridized carbons (Fsp3) is 0.0833. The zero-order valence-electron chi connectivity index (χ0n) is 10.9. The standard InChI is InChI=1S/C12H8Cl2N6OS/c13-6-1-2-7(8(14)3-6)9-5-22-12(15-9)16-11(21)4-10-17-19-20-18-10/h1-3,5H,4H2,(H,15,16,21)(H,17,18,19,20). The monoisotopic (exact) mass is 354 g/mol. The lowest BCUT2D eigenvalue weighted by atomic mass is 10.2. The topological polar surface area (TPSA) is 96.5 Å². The Morgan fingerprint density at radius 2 is 2.23 bits per heavy atom. The van der Waals surface area contributed by atoms with E-state index in [2.05, 4.69) is 30.9 Å². The fourth-order valence-electron chi connectivity index (χ4n) is 1.72. The van der Waals surface area contributed by atoms with Crippen LogP contribution in [0.15, 0.2) is 23.6 Å². The average molecular weight is 355 g/mol. The van der Waals surface area contributed by atoms with Gasteiger partial charge in [-0.15, -0.1) is 21.5 Å². The van der Waals surface area contributed by atoms with E-state index >= 15 is 0 Å². The number of thiazole rings is 1. The molecule has 0 aliphatic carbocycles. The number of amides is 1. The summed E-state index contributed by atoms with van der Waals surface area (Å²) < 4.78 is 0. The van der Waals surface area contributed by atoms with Crippen molar-refractivity contribution in [2.24, 2.45) is 0 Å². The van der Waals surface area contributed by atoms with Crippen molar-refractivity contribution in [3.63, 3.8) is 0 Å². The van der Waals surface area contributed by atoms with Crippen molar-refractivity contribution in [2.45, 2.75) is 6.42 Å². The number of anilines is 1. The number of hydrogen-bond acceptors (Lipinski definition) is 6. The molecule has 0 aliphatic rings. The number of nitrogens with zero attached hydrogens (tertiary/aromatic N) is 4. The molecule has 0 atom stereocenters. The van der Waals surface area contributed by atoms with Crippen LogP contribution in [0.2, 0.25) is 10.0 Å². The molecule has 2 aromatic heterocycles. The lowest BCUT2D eigenvalue weighted by molar-refractivity contribution is -0.115. The molecule has 0 unspecified atom stereocenters. The largest absolute Gasteiger partial charge is 0.302 e. The van der Waals surface area contributed by atoms with Gasteiger partial charge in [0, 0.05) is 16.0 Å². The van der Waals surface area contributed by atoms with Crippen LogP contribution in [0.3, 0.4) is 0 Å². The molecule has 112 valence electrons. The van der Waals surface area contributed by atoms with Gasteiger partial charge in [-0.05, 0) is 18.2 Å². The molecule has 0 spiro atoms. The Balaban J connectivity index is 1.72. The van der Waals surface area contributed by atoms with Crippen LogP contribution in [-0.2, 0) is 11.2 Å². The summed E-state index contributed by atoms with van der Waals surface area (Å²) in [5.74, 6) is 0.0412. The number of carbonyl (C=O) groups excluding carboxylic acids is 1. The highest BCUT2D eigenvalue weighted by Gasteiger charge is 2.12. The summed E-state index contributed by atoms with van der Waals surface area (Å²) in [7, 11) is 0. The van der Waals surface area contributed by atoms with Gasteiger partial charge in [0.15, 0.2) is 11.0 Å². The predicted molar refractivity (Wildman–Crippen MR) is 84.1 cm³/mol. The quantitative estimate of drug-likeness (QED) is 0.750. The molecule has 7 nitrogen and oxygen atoms in total. The lowest BCUT2D eigenvalue weighted by Crippen LogP contribution is -2.15. The first-order valence-corrected chi connectivity index (χ1v) is 7.68. The van der Waals surface area contributed by atoms with E-state index in [1.807, 2.05) is 0 Å². The van der Waals surface area contributed by atoms with Gasteiger partial charge in [0.05, 0.1) is 17.1 Å². The Morgan fingerprint density at radius 1 is 1.36 bits per heavy atom. The van der Waals surface area contributed by atoms with Crippen LogP contribution in [0.1, 0.15) is 5.82 Å². The number of tetrazole rings is 1. The van der Waals surface area contributed by atoms with Gasteiger partial charge in [0.1, 0.15) is 0 Å². The van der Waals surface area contributed by atoms with E-state index in [0.29, 0.717) is 26.7 Å². The molecule has 2 N–H and O–H groups in total. The molecular weight excluding hydrogens is 347 g/mol. The fourth-order valence-corrected chi connectivity index (χ4v) is 2.95. The third-order valence-corrected chi connectivity index (χ3v) is 3.97. The second kappa shape index (κ2) is 6.39. The van der Waals surface area contributed by atoms with E-state index in [0.717, 1.165) is 5.56 Å². The Labute approximate surface area is 138 Å². The van der Waals surface area contributed by atoms with Gasteiger partial charge in [0.25, 0.3) is 0 Å². The second-order valence-electron chi connectivity index (χ2n) is 4.22. The van der Waals surface area contributed by atoms with Crippen LogP contribution in [0, 0.1) is 0 Å². The number of aromatic amines is 1. The Morgan fingerprint density at radius 3 is 2.95 bits per heavy atom. The first-order chi connectivity index (χ1) is 10.6. The average Bonchev–Trinajstić information content (AvgIpc) is 3.10. The number of aromatic nitrogens is 5. The predicted octanol–water partition coefficient (Wildman–Crippen LogP) is 2.81. The third kappa shape index (κ3) is 3.41. The number of hydrogen-bond donors (Lipinski definition) is 2. The summed E-state index contributed by atoms with van der Waals surface area (Å²) in [6, 6.07) is 5.16. The minimum atomic E-state index is -0.274. The summed E-state index contributed by atoms with van der Waals surface area (Å²) in [6.45, 7) is 0. The molecule has 2 heterocycles. The third-order valence-electron chi connectivity index (χ3n) is 2.67. The van der Waals surface area contributed by atoms with Crippen LogP contribution >= 0.6 is 34.5 Å². The van der Waals surface area contributed by atoms with Crippen molar-refractivity contribution in [1.82, 2.24) is 25.6 Å². The van der Waals surface area contributed by atoms with Gasteiger partial charge in [0.2, 0.25) is 5.91 Å². The van der Waals surface area contributed by atoms with Crippen LogP contribution < -0.4 is 5.32 Å². The van der Waals surface area contributed by atoms with Gasteiger partial charge in [-0.1, -0.05) is 28.4 Å². The van der Waals surface area contributed by atoms with Crippen molar-refractivity contribution >= 4 is 45.6 Å². The minimum Gasteiger partial charge on any atom is -0.302 e. The molecule has 3 aromatic rings.